The van der Waals surface area contributed by atoms with Gasteiger partial charge in [0.25, 0.3) is 5.24 Å². The van der Waals surface area contributed by atoms with Crippen LogP contribution in [0.4, 0.5) is 0 Å². The van der Waals surface area contributed by atoms with Gasteiger partial charge in [0.05, 0.1) is 5.56 Å². The minimum Gasteiger partial charge on any atom is -0.507 e. The summed E-state index contributed by atoms with van der Waals surface area (Å²) in [7, 11) is 0. The average molecular weight is 257 g/mol. The fourth-order valence-corrected chi connectivity index (χ4v) is 2.29. The standard InChI is InChI=1S/C15H9ClO2/c16-15(18)13-7-11-5-9-3-1-2-4-10(9)6-12(11)8-14(13)17/h1-8,17H. The summed E-state index contributed by atoms with van der Waals surface area (Å²) < 4.78 is 0. The van der Waals surface area contributed by atoms with E-state index in [2.05, 4.69) is 0 Å². The lowest BCUT2D eigenvalue weighted by Gasteiger charge is -2.05. The molecule has 1 N–H and O–H groups in total. The van der Waals surface area contributed by atoms with Gasteiger partial charge in [-0.15, -0.1) is 0 Å². The number of phenols is 1. The fourth-order valence-electron chi connectivity index (χ4n) is 2.14. The van der Waals surface area contributed by atoms with Gasteiger partial charge in [-0.3, -0.25) is 4.79 Å². The van der Waals surface area contributed by atoms with Crippen molar-refractivity contribution in [2.45, 2.75) is 0 Å². The largest absolute Gasteiger partial charge is 0.507 e. The normalized spacial score (nSPS) is 10.9. The Balaban J connectivity index is 2.40. The zero-order valence-electron chi connectivity index (χ0n) is 9.35. The van der Waals surface area contributed by atoms with Gasteiger partial charge >= 0.3 is 0 Å². The number of carbonyl (C=O) groups is 1. The van der Waals surface area contributed by atoms with E-state index in [0.29, 0.717) is 0 Å². The maximum atomic E-state index is 11.2. The molecule has 0 atom stereocenters. The molecule has 0 saturated heterocycles. The highest BCUT2D eigenvalue weighted by Crippen LogP contribution is 2.29. The number of carbonyl (C=O) groups excluding carboxylic acids is 1. The van der Waals surface area contributed by atoms with Crippen LogP contribution < -0.4 is 0 Å². The van der Waals surface area contributed by atoms with Crippen LogP contribution in [-0.4, -0.2) is 10.3 Å². The topological polar surface area (TPSA) is 37.3 Å². The maximum absolute atomic E-state index is 11.2. The molecule has 0 heterocycles. The number of halogens is 1. The molecule has 0 radical (unpaired) electrons. The highest BCUT2D eigenvalue weighted by Gasteiger charge is 2.10. The summed E-state index contributed by atoms with van der Waals surface area (Å²) in [5.74, 6) is -0.0854. The van der Waals surface area contributed by atoms with E-state index in [-0.39, 0.29) is 11.3 Å². The third kappa shape index (κ3) is 1.71. The van der Waals surface area contributed by atoms with Crippen LogP contribution in [0, 0.1) is 0 Å². The van der Waals surface area contributed by atoms with Gasteiger partial charge in [-0.25, -0.2) is 0 Å². The molecule has 0 aliphatic carbocycles. The Morgan fingerprint density at radius 3 is 2.00 bits per heavy atom. The Hall–Kier alpha value is -2.06. The van der Waals surface area contributed by atoms with E-state index in [1.165, 1.54) is 0 Å². The van der Waals surface area contributed by atoms with Crippen molar-refractivity contribution in [3.63, 3.8) is 0 Å². The van der Waals surface area contributed by atoms with Crippen LogP contribution in [0.3, 0.4) is 0 Å². The molecule has 0 spiro atoms. The highest BCUT2D eigenvalue weighted by molar-refractivity contribution is 6.68. The van der Waals surface area contributed by atoms with Gasteiger partial charge in [0.2, 0.25) is 0 Å². The maximum Gasteiger partial charge on any atom is 0.256 e. The van der Waals surface area contributed by atoms with E-state index in [0.717, 1.165) is 21.5 Å². The number of aromatic hydroxyl groups is 1. The molecule has 88 valence electrons. The molecule has 3 aromatic rings. The molecule has 0 bridgehead atoms. The molecule has 3 heteroatoms. The number of fused-ring (bicyclic) bond motifs is 2. The van der Waals surface area contributed by atoms with E-state index in [4.69, 9.17) is 11.6 Å². The first-order chi connectivity index (χ1) is 8.65. The summed E-state index contributed by atoms with van der Waals surface area (Å²) in [5.41, 5.74) is 0.138. The summed E-state index contributed by atoms with van der Waals surface area (Å²) >= 11 is 5.43. The molecule has 0 fully saturated rings. The summed E-state index contributed by atoms with van der Waals surface area (Å²) in [6.45, 7) is 0. The predicted molar refractivity (Wildman–Crippen MR) is 73.3 cm³/mol. The first-order valence-corrected chi connectivity index (χ1v) is 5.88. The molecular weight excluding hydrogens is 248 g/mol. The smallest absolute Gasteiger partial charge is 0.256 e. The van der Waals surface area contributed by atoms with E-state index >= 15 is 0 Å². The molecule has 0 aromatic heterocycles. The van der Waals surface area contributed by atoms with Gasteiger partial charge in [-0.2, -0.15) is 0 Å². The average Bonchev–Trinajstić information content (AvgIpc) is 2.35. The van der Waals surface area contributed by atoms with Crippen molar-refractivity contribution in [3.8, 4) is 5.75 Å². The summed E-state index contributed by atoms with van der Waals surface area (Å²) in [4.78, 5) is 11.2. The van der Waals surface area contributed by atoms with Crippen molar-refractivity contribution in [2.24, 2.45) is 0 Å². The first kappa shape index (κ1) is 11.1. The fraction of sp³-hybridized carbons (Fsp3) is 0. The van der Waals surface area contributed by atoms with E-state index in [1.54, 1.807) is 12.1 Å². The van der Waals surface area contributed by atoms with E-state index < -0.39 is 5.24 Å². The molecule has 0 amide bonds. The van der Waals surface area contributed by atoms with Gasteiger partial charge in [0.1, 0.15) is 5.75 Å². The summed E-state index contributed by atoms with van der Waals surface area (Å²) in [5, 5.41) is 13.0. The second-order valence-corrected chi connectivity index (χ2v) is 4.53. The molecule has 0 unspecified atom stereocenters. The summed E-state index contributed by atoms with van der Waals surface area (Å²) in [6.07, 6.45) is 0. The van der Waals surface area contributed by atoms with Crippen LogP contribution in [-0.2, 0) is 0 Å². The molecule has 0 aliphatic rings. The molecule has 0 aliphatic heterocycles. The third-order valence-corrected chi connectivity index (χ3v) is 3.23. The van der Waals surface area contributed by atoms with Crippen LogP contribution in [0.15, 0.2) is 48.5 Å². The molecule has 3 aromatic carbocycles. The molecule has 18 heavy (non-hydrogen) atoms. The highest BCUT2D eigenvalue weighted by atomic mass is 35.5. The van der Waals surface area contributed by atoms with Crippen LogP contribution >= 0.6 is 11.6 Å². The predicted octanol–water partition coefficient (Wildman–Crippen LogP) is 4.08. The van der Waals surface area contributed by atoms with Crippen molar-refractivity contribution in [2.75, 3.05) is 0 Å². The first-order valence-electron chi connectivity index (χ1n) is 5.50. The van der Waals surface area contributed by atoms with Crippen molar-refractivity contribution in [1.29, 1.82) is 0 Å². The second kappa shape index (κ2) is 4.00. The van der Waals surface area contributed by atoms with Gasteiger partial charge in [-0.1, -0.05) is 24.3 Å². The Morgan fingerprint density at radius 1 is 0.889 bits per heavy atom. The number of hydrogen-bond acceptors (Lipinski definition) is 2. The molecule has 2 nitrogen and oxygen atoms in total. The second-order valence-electron chi connectivity index (χ2n) is 4.19. The van der Waals surface area contributed by atoms with Crippen molar-refractivity contribution < 1.29 is 9.90 Å². The number of rotatable bonds is 1. The number of hydrogen-bond donors (Lipinski definition) is 1. The van der Waals surface area contributed by atoms with Gasteiger partial charge in [0, 0.05) is 0 Å². The minimum absolute atomic E-state index is 0.0854. The van der Waals surface area contributed by atoms with Crippen LogP contribution in [0.5, 0.6) is 5.75 Å². The van der Waals surface area contributed by atoms with E-state index in [9.17, 15) is 9.90 Å². The monoisotopic (exact) mass is 256 g/mol. The molecule has 3 rings (SSSR count). The van der Waals surface area contributed by atoms with Crippen molar-refractivity contribution >= 4 is 38.4 Å². The Bertz CT molecular complexity index is 778. The zero-order valence-corrected chi connectivity index (χ0v) is 10.1. The van der Waals surface area contributed by atoms with Gasteiger partial charge < -0.3 is 5.11 Å². The molecule has 0 saturated carbocycles. The number of phenolic OH excluding ortho intramolecular Hbond substituents is 1. The lowest BCUT2D eigenvalue weighted by Crippen LogP contribution is -1.90. The van der Waals surface area contributed by atoms with Crippen LogP contribution in [0.2, 0.25) is 0 Å². The summed E-state index contributed by atoms with van der Waals surface area (Å²) in [6, 6.07) is 15.1. The Morgan fingerprint density at radius 2 is 1.44 bits per heavy atom. The van der Waals surface area contributed by atoms with Gasteiger partial charge in [0.15, 0.2) is 0 Å². The SMILES string of the molecule is O=C(Cl)c1cc2cc3ccccc3cc2cc1O. The number of benzene rings is 3. The third-order valence-electron chi connectivity index (χ3n) is 3.03. The minimum atomic E-state index is -0.650. The lowest BCUT2D eigenvalue weighted by molar-refractivity contribution is 0.107. The molecular formula is C15H9ClO2. The zero-order chi connectivity index (χ0) is 12.7. The van der Waals surface area contributed by atoms with Crippen molar-refractivity contribution in [3.05, 3.63) is 54.1 Å². The van der Waals surface area contributed by atoms with Crippen LogP contribution in [0.25, 0.3) is 21.5 Å². The Kier molecular flexibility index (Phi) is 2.46. The van der Waals surface area contributed by atoms with Gasteiger partial charge in [-0.05, 0) is 57.4 Å². The Labute approximate surface area is 108 Å². The van der Waals surface area contributed by atoms with E-state index in [1.807, 2.05) is 36.4 Å². The quantitative estimate of drug-likeness (QED) is 0.526. The lowest BCUT2D eigenvalue weighted by atomic mass is 10.0. The van der Waals surface area contributed by atoms with Crippen LogP contribution in [0.1, 0.15) is 10.4 Å². The van der Waals surface area contributed by atoms with Crippen molar-refractivity contribution in [1.82, 2.24) is 0 Å².